The first kappa shape index (κ1) is 11.4. The van der Waals surface area contributed by atoms with Crippen LogP contribution in [0.1, 0.15) is 24.8 Å². The number of phenolic OH excluding ortho intramolecular Hbond substituents is 1. The van der Waals surface area contributed by atoms with Crippen LogP contribution in [0.25, 0.3) is 10.8 Å². The molecule has 0 aromatic heterocycles. The van der Waals surface area contributed by atoms with E-state index in [-0.39, 0.29) is 5.54 Å². The lowest BCUT2D eigenvalue weighted by atomic mass is 9.72. The Morgan fingerprint density at radius 1 is 1.17 bits per heavy atom. The van der Waals surface area contributed by atoms with Crippen LogP contribution < -0.4 is 10.5 Å². The van der Waals surface area contributed by atoms with Crippen LogP contribution in [0.3, 0.4) is 0 Å². The molecule has 1 fully saturated rings. The number of rotatable bonds is 2. The molecule has 0 radical (unpaired) electrons. The van der Waals surface area contributed by atoms with Crippen molar-refractivity contribution >= 4 is 10.8 Å². The van der Waals surface area contributed by atoms with Crippen molar-refractivity contribution in [2.75, 3.05) is 7.11 Å². The number of fused-ring (bicyclic) bond motifs is 1. The first-order chi connectivity index (χ1) is 8.65. The molecule has 1 aliphatic carbocycles. The fourth-order valence-electron chi connectivity index (χ4n) is 2.72. The smallest absolute Gasteiger partial charge is 0.128 e. The molecule has 0 spiro atoms. The highest BCUT2D eigenvalue weighted by Crippen LogP contribution is 2.45. The highest BCUT2D eigenvalue weighted by molar-refractivity contribution is 5.94. The molecule has 18 heavy (non-hydrogen) atoms. The molecular formula is C15H17NO2. The Hall–Kier alpha value is -1.74. The molecule has 0 amide bonds. The predicted octanol–water partition coefficient (Wildman–Crippen LogP) is 2.89. The molecular weight excluding hydrogens is 226 g/mol. The molecule has 94 valence electrons. The Balaban J connectivity index is 2.23. The van der Waals surface area contributed by atoms with Gasteiger partial charge in [0, 0.05) is 21.9 Å². The Morgan fingerprint density at radius 3 is 2.56 bits per heavy atom. The van der Waals surface area contributed by atoms with Gasteiger partial charge in [0.1, 0.15) is 11.5 Å². The molecule has 0 bridgehead atoms. The molecule has 2 aromatic carbocycles. The van der Waals surface area contributed by atoms with Crippen molar-refractivity contribution in [3.8, 4) is 11.5 Å². The third-order valence-corrected chi connectivity index (χ3v) is 4.00. The minimum Gasteiger partial charge on any atom is -0.507 e. The van der Waals surface area contributed by atoms with Crippen molar-refractivity contribution in [2.45, 2.75) is 24.8 Å². The summed E-state index contributed by atoms with van der Waals surface area (Å²) in [4.78, 5) is 0. The molecule has 0 saturated heterocycles. The van der Waals surface area contributed by atoms with E-state index in [1.54, 1.807) is 7.11 Å². The molecule has 1 aliphatic rings. The number of benzene rings is 2. The van der Waals surface area contributed by atoms with Gasteiger partial charge >= 0.3 is 0 Å². The lowest BCUT2D eigenvalue weighted by Gasteiger charge is -2.39. The standard InChI is InChI=1S/C15H17NO2/c1-18-13-5-2-4-11-10(13)6-7-12(14(11)17)15(16)8-3-9-15/h2,4-7,17H,3,8-9,16H2,1H3. The van der Waals surface area contributed by atoms with E-state index in [1.807, 2.05) is 30.3 Å². The summed E-state index contributed by atoms with van der Waals surface area (Å²) in [5, 5.41) is 12.2. The average Bonchev–Trinajstić information content (AvgIpc) is 2.36. The van der Waals surface area contributed by atoms with Gasteiger partial charge in [0.15, 0.2) is 0 Å². The zero-order valence-electron chi connectivity index (χ0n) is 10.4. The maximum atomic E-state index is 10.4. The maximum Gasteiger partial charge on any atom is 0.128 e. The van der Waals surface area contributed by atoms with Gasteiger partial charge in [-0.15, -0.1) is 0 Å². The van der Waals surface area contributed by atoms with E-state index in [1.165, 1.54) is 0 Å². The number of aromatic hydroxyl groups is 1. The zero-order chi connectivity index (χ0) is 12.8. The van der Waals surface area contributed by atoms with Crippen molar-refractivity contribution in [3.05, 3.63) is 35.9 Å². The summed E-state index contributed by atoms with van der Waals surface area (Å²) in [7, 11) is 1.64. The number of hydrogen-bond donors (Lipinski definition) is 2. The summed E-state index contributed by atoms with van der Waals surface area (Å²) in [5.41, 5.74) is 6.81. The maximum absolute atomic E-state index is 10.4. The van der Waals surface area contributed by atoms with Gasteiger partial charge in [-0.2, -0.15) is 0 Å². The minimum atomic E-state index is -0.346. The second-order valence-corrected chi connectivity index (χ2v) is 5.03. The van der Waals surface area contributed by atoms with E-state index in [4.69, 9.17) is 10.5 Å². The minimum absolute atomic E-state index is 0.300. The first-order valence-corrected chi connectivity index (χ1v) is 6.24. The molecule has 0 aliphatic heterocycles. The van der Waals surface area contributed by atoms with Crippen LogP contribution in [0, 0.1) is 0 Å². The summed E-state index contributed by atoms with van der Waals surface area (Å²) >= 11 is 0. The lowest BCUT2D eigenvalue weighted by Crippen LogP contribution is -2.43. The second-order valence-electron chi connectivity index (χ2n) is 5.03. The van der Waals surface area contributed by atoms with E-state index in [0.29, 0.717) is 5.75 Å². The number of methoxy groups -OCH3 is 1. The van der Waals surface area contributed by atoms with Gasteiger partial charge < -0.3 is 15.6 Å². The SMILES string of the molecule is COc1cccc2c(O)c(C3(N)CCC3)ccc12. The summed E-state index contributed by atoms with van der Waals surface area (Å²) in [5.74, 6) is 1.07. The van der Waals surface area contributed by atoms with Crippen LogP contribution >= 0.6 is 0 Å². The number of phenols is 1. The molecule has 3 heteroatoms. The topological polar surface area (TPSA) is 55.5 Å². The van der Waals surface area contributed by atoms with Crippen molar-refractivity contribution in [2.24, 2.45) is 5.73 Å². The van der Waals surface area contributed by atoms with Crippen molar-refractivity contribution < 1.29 is 9.84 Å². The highest BCUT2D eigenvalue weighted by Gasteiger charge is 2.36. The fraction of sp³-hybridized carbons (Fsp3) is 0.333. The van der Waals surface area contributed by atoms with Gasteiger partial charge in [-0.05, 0) is 25.3 Å². The Bertz CT molecular complexity index is 603. The van der Waals surface area contributed by atoms with Gasteiger partial charge in [-0.1, -0.05) is 24.3 Å². The molecule has 0 unspecified atom stereocenters. The lowest BCUT2D eigenvalue weighted by molar-refractivity contribution is 0.246. The van der Waals surface area contributed by atoms with Gasteiger partial charge in [0.25, 0.3) is 0 Å². The summed E-state index contributed by atoms with van der Waals surface area (Å²) < 4.78 is 5.31. The quantitative estimate of drug-likeness (QED) is 0.852. The second kappa shape index (κ2) is 3.89. The summed E-state index contributed by atoms with van der Waals surface area (Å²) in [6, 6.07) is 9.59. The molecule has 3 nitrogen and oxygen atoms in total. The van der Waals surface area contributed by atoms with E-state index in [9.17, 15) is 5.11 Å². The van der Waals surface area contributed by atoms with Crippen LogP contribution in [-0.4, -0.2) is 12.2 Å². The monoisotopic (exact) mass is 243 g/mol. The number of hydrogen-bond acceptors (Lipinski definition) is 3. The zero-order valence-corrected chi connectivity index (χ0v) is 10.4. The Labute approximate surface area is 106 Å². The highest BCUT2D eigenvalue weighted by atomic mass is 16.5. The van der Waals surface area contributed by atoms with Gasteiger partial charge in [-0.3, -0.25) is 0 Å². The van der Waals surface area contributed by atoms with Crippen molar-refractivity contribution in [3.63, 3.8) is 0 Å². The fourth-order valence-corrected chi connectivity index (χ4v) is 2.72. The largest absolute Gasteiger partial charge is 0.507 e. The molecule has 2 aromatic rings. The van der Waals surface area contributed by atoms with Crippen molar-refractivity contribution in [1.29, 1.82) is 0 Å². The molecule has 0 atom stereocenters. The van der Waals surface area contributed by atoms with Crippen LogP contribution in [0.5, 0.6) is 11.5 Å². The van der Waals surface area contributed by atoms with Crippen molar-refractivity contribution in [1.82, 2.24) is 0 Å². The van der Waals surface area contributed by atoms with E-state index in [0.717, 1.165) is 41.3 Å². The molecule has 1 saturated carbocycles. The van der Waals surface area contributed by atoms with Gasteiger partial charge in [0.2, 0.25) is 0 Å². The van der Waals surface area contributed by atoms with E-state index >= 15 is 0 Å². The normalized spacial score (nSPS) is 17.4. The summed E-state index contributed by atoms with van der Waals surface area (Å²) in [6.45, 7) is 0. The van der Waals surface area contributed by atoms with Gasteiger partial charge in [-0.25, -0.2) is 0 Å². The first-order valence-electron chi connectivity index (χ1n) is 6.24. The molecule has 3 rings (SSSR count). The third-order valence-electron chi connectivity index (χ3n) is 4.00. The summed E-state index contributed by atoms with van der Waals surface area (Å²) in [6.07, 6.45) is 3.01. The van der Waals surface area contributed by atoms with Gasteiger partial charge in [0.05, 0.1) is 7.11 Å². The van der Waals surface area contributed by atoms with Crippen LogP contribution in [0.15, 0.2) is 30.3 Å². The Morgan fingerprint density at radius 2 is 1.94 bits per heavy atom. The van der Waals surface area contributed by atoms with Crippen LogP contribution in [-0.2, 0) is 5.54 Å². The average molecular weight is 243 g/mol. The van der Waals surface area contributed by atoms with Crippen LogP contribution in [0.4, 0.5) is 0 Å². The predicted molar refractivity (Wildman–Crippen MR) is 71.9 cm³/mol. The van der Waals surface area contributed by atoms with E-state index < -0.39 is 0 Å². The van der Waals surface area contributed by atoms with Crippen LogP contribution in [0.2, 0.25) is 0 Å². The van der Waals surface area contributed by atoms with E-state index in [2.05, 4.69) is 0 Å². The number of ether oxygens (including phenoxy) is 1. The molecule has 0 heterocycles. The number of nitrogens with two attached hydrogens (primary N) is 1. The third kappa shape index (κ3) is 1.47. The molecule has 3 N–H and O–H groups in total. The Kier molecular flexibility index (Phi) is 2.45.